The summed E-state index contributed by atoms with van der Waals surface area (Å²) >= 11 is 0. The van der Waals surface area contributed by atoms with E-state index in [9.17, 15) is 4.79 Å². The molecule has 0 aliphatic carbocycles. The van der Waals surface area contributed by atoms with E-state index in [1.165, 1.54) is 0 Å². The maximum atomic E-state index is 11.4. The highest BCUT2D eigenvalue weighted by Gasteiger charge is 2.11. The van der Waals surface area contributed by atoms with Crippen molar-refractivity contribution in [2.24, 2.45) is 5.73 Å². The molecular weight excluding hydrogens is 194 g/mol. The van der Waals surface area contributed by atoms with E-state index in [1.807, 2.05) is 24.3 Å². The van der Waals surface area contributed by atoms with Crippen molar-refractivity contribution in [1.82, 2.24) is 9.97 Å². The van der Waals surface area contributed by atoms with Gasteiger partial charge in [0.2, 0.25) is 5.82 Å². The van der Waals surface area contributed by atoms with E-state index in [2.05, 4.69) is 9.97 Å². The molecule has 0 spiro atoms. The molecule has 0 bridgehead atoms. The molecule has 1 aromatic heterocycles. The van der Waals surface area contributed by atoms with Gasteiger partial charge >= 0.3 is 5.97 Å². The molecule has 0 amide bonds. The average Bonchev–Trinajstić information content (AvgIpc) is 2.69. The number of hydrogen-bond acceptors (Lipinski definition) is 4. The van der Waals surface area contributed by atoms with E-state index in [0.717, 1.165) is 11.0 Å². The van der Waals surface area contributed by atoms with Crippen LogP contribution in [-0.4, -0.2) is 29.1 Å². The normalized spacial score (nSPS) is 10.5. The van der Waals surface area contributed by atoms with Gasteiger partial charge in [-0.25, -0.2) is 9.78 Å². The zero-order chi connectivity index (χ0) is 10.7. The average molecular weight is 205 g/mol. The highest BCUT2D eigenvalue weighted by molar-refractivity contribution is 5.90. The summed E-state index contributed by atoms with van der Waals surface area (Å²) in [6.45, 7) is 0.516. The zero-order valence-corrected chi connectivity index (χ0v) is 8.06. The molecule has 2 aromatic rings. The maximum Gasteiger partial charge on any atom is 0.374 e. The lowest BCUT2D eigenvalue weighted by Gasteiger charge is -1.98. The molecule has 5 heteroatoms. The minimum Gasteiger partial charge on any atom is -0.459 e. The van der Waals surface area contributed by atoms with Crippen molar-refractivity contribution in [3.8, 4) is 0 Å². The first-order valence-corrected chi connectivity index (χ1v) is 4.63. The summed E-state index contributed by atoms with van der Waals surface area (Å²) in [5.41, 5.74) is 6.79. The molecule has 15 heavy (non-hydrogen) atoms. The smallest absolute Gasteiger partial charge is 0.374 e. The Hall–Kier alpha value is -1.88. The number of rotatable bonds is 3. The number of hydrogen-bond donors (Lipinski definition) is 2. The van der Waals surface area contributed by atoms with Crippen LogP contribution in [0.3, 0.4) is 0 Å². The number of imidazole rings is 1. The third-order valence-corrected chi connectivity index (χ3v) is 1.93. The molecule has 5 nitrogen and oxygen atoms in total. The molecule has 1 heterocycles. The van der Waals surface area contributed by atoms with Gasteiger partial charge in [0.15, 0.2) is 0 Å². The Balaban J connectivity index is 2.25. The molecule has 78 valence electrons. The van der Waals surface area contributed by atoms with Gasteiger partial charge in [-0.1, -0.05) is 12.1 Å². The van der Waals surface area contributed by atoms with Crippen molar-refractivity contribution in [3.63, 3.8) is 0 Å². The topological polar surface area (TPSA) is 81.0 Å². The molecule has 1 aromatic carbocycles. The standard InChI is InChI=1S/C10H11N3O2/c11-5-6-15-10(14)9-12-7-3-1-2-4-8(7)13-9/h1-4H,5-6,11H2,(H,12,13). The number of aromatic nitrogens is 2. The second kappa shape index (κ2) is 4.10. The van der Waals surface area contributed by atoms with Crippen molar-refractivity contribution >= 4 is 17.0 Å². The lowest BCUT2D eigenvalue weighted by Crippen LogP contribution is -2.14. The van der Waals surface area contributed by atoms with Crippen LogP contribution in [0.15, 0.2) is 24.3 Å². The Morgan fingerprint density at radius 3 is 3.00 bits per heavy atom. The molecule has 0 fully saturated rings. The predicted octanol–water partition coefficient (Wildman–Crippen LogP) is 0.678. The van der Waals surface area contributed by atoms with Gasteiger partial charge in [0.1, 0.15) is 6.61 Å². The van der Waals surface area contributed by atoms with Crippen LogP contribution < -0.4 is 5.73 Å². The zero-order valence-electron chi connectivity index (χ0n) is 8.06. The Kier molecular flexibility index (Phi) is 2.64. The monoisotopic (exact) mass is 205 g/mol. The number of benzene rings is 1. The summed E-state index contributed by atoms with van der Waals surface area (Å²) in [6.07, 6.45) is 0. The van der Waals surface area contributed by atoms with Gasteiger partial charge in [0, 0.05) is 6.54 Å². The quantitative estimate of drug-likeness (QED) is 0.722. The molecule has 0 unspecified atom stereocenters. The molecule has 2 rings (SSSR count). The summed E-state index contributed by atoms with van der Waals surface area (Å²) in [7, 11) is 0. The second-order valence-corrected chi connectivity index (χ2v) is 3.03. The highest BCUT2D eigenvalue weighted by Crippen LogP contribution is 2.10. The second-order valence-electron chi connectivity index (χ2n) is 3.03. The van der Waals surface area contributed by atoms with E-state index < -0.39 is 5.97 Å². The Morgan fingerprint density at radius 1 is 1.47 bits per heavy atom. The Labute approximate surface area is 86.3 Å². The van der Waals surface area contributed by atoms with Crippen LogP contribution in [-0.2, 0) is 4.74 Å². The van der Waals surface area contributed by atoms with E-state index >= 15 is 0 Å². The number of nitrogens with one attached hydrogen (secondary N) is 1. The number of nitrogens with two attached hydrogens (primary N) is 1. The van der Waals surface area contributed by atoms with Gasteiger partial charge in [0.05, 0.1) is 11.0 Å². The molecule has 0 aliphatic rings. The maximum absolute atomic E-state index is 11.4. The number of aromatic amines is 1. The van der Waals surface area contributed by atoms with Gasteiger partial charge in [-0.05, 0) is 12.1 Å². The van der Waals surface area contributed by atoms with Crippen LogP contribution in [0, 0.1) is 0 Å². The molecule has 0 saturated heterocycles. The molecule has 0 aliphatic heterocycles. The first-order chi connectivity index (χ1) is 7.31. The summed E-state index contributed by atoms with van der Waals surface area (Å²) < 4.78 is 4.85. The first-order valence-electron chi connectivity index (χ1n) is 4.63. The van der Waals surface area contributed by atoms with Gasteiger partial charge in [-0.2, -0.15) is 0 Å². The lowest BCUT2D eigenvalue weighted by atomic mass is 10.3. The molecule has 0 saturated carbocycles. The number of fused-ring (bicyclic) bond motifs is 1. The van der Waals surface area contributed by atoms with Gasteiger partial charge in [-0.15, -0.1) is 0 Å². The van der Waals surface area contributed by atoms with Gasteiger partial charge in [-0.3, -0.25) is 0 Å². The van der Waals surface area contributed by atoms with Crippen LogP contribution >= 0.6 is 0 Å². The predicted molar refractivity (Wildman–Crippen MR) is 55.4 cm³/mol. The van der Waals surface area contributed by atoms with Crippen molar-refractivity contribution in [1.29, 1.82) is 0 Å². The molecule has 0 radical (unpaired) electrons. The van der Waals surface area contributed by atoms with E-state index in [0.29, 0.717) is 6.54 Å². The van der Waals surface area contributed by atoms with Crippen molar-refractivity contribution in [2.45, 2.75) is 0 Å². The Bertz CT molecular complexity index is 445. The summed E-state index contributed by atoms with van der Waals surface area (Å²) in [5, 5.41) is 0. The molecule has 0 atom stereocenters. The number of para-hydroxylation sites is 2. The molecule has 3 N–H and O–H groups in total. The van der Waals surface area contributed by atoms with Crippen LogP contribution in [0.4, 0.5) is 0 Å². The Morgan fingerprint density at radius 2 is 2.27 bits per heavy atom. The summed E-state index contributed by atoms with van der Waals surface area (Å²) in [6, 6.07) is 7.40. The van der Waals surface area contributed by atoms with Crippen LogP contribution in [0.25, 0.3) is 11.0 Å². The largest absolute Gasteiger partial charge is 0.459 e. The number of H-pyrrole nitrogens is 1. The number of ether oxygens (including phenoxy) is 1. The number of nitrogens with zero attached hydrogens (tertiary/aromatic N) is 1. The number of carbonyl (C=O) groups excluding carboxylic acids is 1. The van der Waals surface area contributed by atoms with Gasteiger partial charge < -0.3 is 15.5 Å². The first kappa shape index (κ1) is 9.67. The molecular formula is C10H11N3O2. The SMILES string of the molecule is NCCOC(=O)c1nc2ccccc2[nH]1. The fourth-order valence-corrected chi connectivity index (χ4v) is 1.27. The number of carbonyl (C=O) groups is 1. The van der Waals surface area contributed by atoms with Crippen molar-refractivity contribution in [2.75, 3.05) is 13.2 Å². The lowest BCUT2D eigenvalue weighted by molar-refractivity contribution is 0.0504. The summed E-state index contributed by atoms with van der Waals surface area (Å²) in [5.74, 6) is -0.263. The van der Waals surface area contributed by atoms with E-state index in [4.69, 9.17) is 10.5 Å². The number of esters is 1. The fourth-order valence-electron chi connectivity index (χ4n) is 1.27. The van der Waals surface area contributed by atoms with Crippen LogP contribution in [0.2, 0.25) is 0 Å². The van der Waals surface area contributed by atoms with E-state index in [-0.39, 0.29) is 12.4 Å². The third-order valence-electron chi connectivity index (χ3n) is 1.93. The van der Waals surface area contributed by atoms with Crippen LogP contribution in [0.1, 0.15) is 10.6 Å². The summed E-state index contributed by atoms with van der Waals surface area (Å²) in [4.78, 5) is 18.4. The van der Waals surface area contributed by atoms with Crippen LogP contribution in [0.5, 0.6) is 0 Å². The van der Waals surface area contributed by atoms with Gasteiger partial charge in [0.25, 0.3) is 0 Å². The highest BCUT2D eigenvalue weighted by atomic mass is 16.5. The third kappa shape index (κ3) is 1.97. The minimum atomic E-state index is -0.475. The minimum absolute atomic E-state index is 0.204. The van der Waals surface area contributed by atoms with Crippen molar-refractivity contribution in [3.05, 3.63) is 30.1 Å². The van der Waals surface area contributed by atoms with Crippen molar-refractivity contribution < 1.29 is 9.53 Å². The fraction of sp³-hybridized carbons (Fsp3) is 0.200. The van der Waals surface area contributed by atoms with E-state index in [1.54, 1.807) is 0 Å².